The van der Waals surface area contributed by atoms with E-state index in [0.29, 0.717) is 12.1 Å². The smallest absolute Gasteiger partial charge is 0.387 e. The molecule has 8 heteroatoms. The molecule has 0 aliphatic rings. The molecule has 0 atom stereocenters. The van der Waals surface area contributed by atoms with Gasteiger partial charge in [-0.1, -0.05) is 6.07 Å². The summed E-state index contributed by atoms with van der Waals surface area (Å²) in [6, 6.07) is 9.96. The number of fused-ring (bicyclic) bond motifs is 1. The van der Waals surface area contributed by atoms with Gasteiger partial charge in [-0.25, -0.2) is 4.98 Å². The normalized spacial score (nSPS) is 11.0. The maximum atomic E-state index is 12.6. The summed E-state index contributed by atoms with van der Waals surface area (Å²) >= 11 is 1.47. The molecule has 0 saturated carbocycles. The summed E-state index contributed by atoms with van der Waals surface area (Å²) in [6.45, 7) is -2.63. The summed E-state index contributed by atoms with van der Waals surface area (Å²) < 4.78 is 35.2. The van der Waals surface area contributed by atoms with E-state index in [9.17, 15) is 13.6 Å². The van der Waals surface area contributed by atoms with Crippen molar-refractivity contribution >= 4 is 27.5 Å². The Morgan fingerprint density at radius 3 is 2.77 bits per heavy atom. The molecule has 0 N–H and O–H groups in total. The van der Waals surface area contributed by atoms with E-state index in [4.69, 9.17) is 4.74 Å². The zero-order valence-corrected chi connectivity index (χ0v) is 14.9. The van der Waals surface area contributed by atoms with Gasteiger partial charge in [0, 0.05) is 19.2 Å². The number of ether oxygens (including phenoxy) is 2. The van der Waals surface area contributed by atoms with Crippen molar-refractivity contribution < 1.29 is 23.0 Å². The van der Waals surface area contributed by atoms with Gasteiger partial charge in [-0.3, -0.25) is 4.79 Å². The number of thiazole rings is 1. The van der Waals surface area contributed by atoms with Crippen LogP contribution >= 0.6 is 11.3 Å². The van der Waals surface area contributed by atoms with Crippen molar-refractivity contribution in [3.63, 3.8) is 0 Å². The minimum absolute atomic E-state index is 0.0455. The van der Waals surface area contributed by atoms with Crippen molar-refractivity contribution in [1.29, 1.82) is 0 Å². The first-order chi connectivity index (χ1) is 12.5. The van der Waals surface area contributed by atoms with Gasteiger partial charge in [0.15, 0.2) is 11.5 Å². The number of hydrogen-bond acceptors (Lipinski definition) is 5. The maximum absolute atomic E-state index is 12.6. The highest BCUT2D eigenvalue weighted by molar-refractivity contribution is 7.16. The van der Waals surface area contributed by atoms with Crippen LogP contribution in [0.4, 0.5) is 8.78 Å². The molecule has 2 aromatic carbocycles. The molecule has 5 nitrogen and oxygen atoms in total. The molecular weight excluding hydrogens is 362 g/mol. The average Bonchev–Trinajstić information content (AvgIpc) is 3.09. The lowest BCUT2D eigenvalue weighted by Crippen LogP contribution is -2.26. The van der Waals surface area contributed by atoms with Crippen LogP contribution in [-0.4, -0.2) is 36.6 Å². The van der Waals surface area contributed by atoms with Gasteiger partial charge >= 0.3 is 6.61 Å². The molecule has 1 heterocycles. The lowest BCUT2D eigenvalue weighted by atomic mass is 10.1. The number of nitrogens with zero attached hydrogens (tertiary/aromatic N) is 2. The fourth-order valence-corrected chi connectivity index (χ4v) is 3.27. The highest BCUT2D eigenvalue weighted by Crippen LogP contribution is 2.30. The van der Waals surface area contributed by atoms with E-state index < -0.39 is 6.61 Å². The average molecular weight is 378 g/mol. The number of carbonyl (C=O) groups is 1. The van der Waals surface area contributed by atoms with Gasteiger partial charge in [0.2, 0.25) is 0 Å². The zero-order valence-electron chi connectivity index (χ0n) is 14.1. The Bertz CT molecular complexity index is 930. The molecule has 136 valence electrons. The SMILES string of the molecule is COc1cc(CN(C)C(=O)c2ccc3ncsc3c2)ccc1OC(F)F. The van der Waals surface area contributed by atoms with Gasteiger partial charge in [-0.15, -0.1) is 11.3 Å². The molecule has 1 amide bonds. The van der Waals surface area contributed by atoms with E-state index in [1.54, 1.807) is 35.7 Å². The number of aromatic nitrogens is 1. The second kappa shape index (κ2) is 7.65. The number of amides is 1. The Balaban J connectivity index is 1.75. The Labute approximate surface area is 152 Å². The molecule has 0 saturated heterocycles. The summed E-state index contributed by atoms with van der Waals surface area (Å²) in [6.07, 6.45) is 0. The van der Waals surface area contributed by atoms with Crippen molar-refractivity contribution in [1.82, 2.24) is 9.88 Å². The number of hydrogen-bond donors (Lipinski definition) is 0. The molecule has 0 radical (unpaired) electrons. The van der Waals surface area contributed by atoms with Gasteiger partial charge in [0.1, 0.15) is 0 Å². The number of carbonyl (C=O) groups excluding carboxylic acids is 1. The first-order valence-corrected chi connectivity index (χ1v) is 8.56. The van der Waals surface area contributed by atoms with Crippen molar-refractivity contribution in [2.24, 2.45) is 0 Å². The summed E-state index contributed by atoms with van der Waals surface area (Å²) in [5.41, 5.74) is 3.89. The van der Waals surface area contributed by atoms with Crippen LogP contribution in [0, 0.1) is 0 Å². The molecule has 3 aromatic rings. The molecule has 1 aromatic heterocycles. The third-order valence-corrected chi connectivity index (χ3v) is 4.58. The van der Waals surface area contributed by atoms with E-state index in [1.807, 2.05) is 12.1 Å². The largest absolute Gasteiger partial charge is 0.493 e. The van der Waals surface area contributed by atoms with Crippen molar-refractivity contribution in [3.05, 3.63) is 53.0 Å². The third kappa shape index (κ3) is 3.91. The first kappa shape index (κ1) is 18.1. The van der Waals surface area contributed by atoms with Crippen LogP contribution in [0.3, 0.4) is 0 Å². The maximum Gasteiger partial charge on any atom is 0.387 e. The summed E-state index contributed by atoms with van der Waals surface area (Å²) in [5.74, 6) is -0.00206. The minimum Gasteiger partial charge on any atom is -0.493 e. The van der Waals surface area contributed by atoms with Gasteiger partial charge < -0.3 is 14.4 Å². The topological polar surface area (TPSA) is 51.7 Å². The molecule has 0 spiro atoms. The summed E-state index contributed by atoms with van der Waals surface area (Å²) in [5, 5.41) is 0. The fourth-order valence-electron chi connectivity index (χ4n) is 2.56. The molecule has 0 bridgehead atoms. The predicted octanol–water partition coefficient (Wildman–Crippen LogP) is 4.18. The van der Waals surface area contributed by atoms with Crippen LogP contribution in [0.1, 0.15) is 15.9 Å². The standard InChI is InChI=1S/C18H16F2N2O3S/c1-22(17(23)12-4-5-13-16(8-12)26-10-21-13)9-11-3-6-14(25-18(19)20)15(7-11)24-2/h3-8,10,18H,9H2,1-2H3. The van der Waals surface area contributed by atoms with E-state index in [1.165, 1.54) is 24.5 Å². The van der Waals surface area contributed by atoms with Crippen LogP contribution < -0.4 is 9.47 Å². The van der Waals surface area contributed by atoms with Crippen molar-refractivity contribution in [3.8, 4) is 11.5 Å². The van der Waals surface area contributed by atoms with E-state index in [0.717, 1.165) is 15.8 Å². The molecule has 0 aliphatic heterocycles. The summed E-state index contributed by atoms with van der Waals surface area (Å²) in [7, 11) is 3.05. The summed E-state index contributed by atoms with van der Waals surface area (Å²) in [4.78, 5) is 18.4. The van der Waals surface area contributed by atoms with Crippen LogP contribution in [0.25, 0.3) is 10.2 Å². The van der Waals surface area contributed by atoms with Crippen molar-refractivity contribution in [2.75, 3.05) is 14.2 Å². The fraction of sp³-hybridized carbons (Fsp3) is 0.222. The second-order valence-corrected chi connectivity index (χ2v) is 6.45. The van der Waals surface area contributed by atoms with E-state index >= 15 is 0 Å². The van der Waals surface area contributed by atoms with E-state index in [2.05, 4.69) is 9.72 Å². The third-order valence-electron chi connectivity index (χ3n) is 3.79. The quantitative estimate of drug-likeness (QED) is 0.646. The predicted molar refractivity (Wildman–Crippen MR) is 95.0 cm³/mol. The number of methoxy groups -OCH3 is 1. The Hall–Kier alpha value is -2.74. The van der Waals surface area contributed by atoms with Crippen LogP contribution in [0.2, 0.25) is 0 Å². The number of rotatable bonds is 6. The lowest BCUT2D eigenvalue weighted by molar-refractivity contribution is -0.0512. The minimum atomic E-state index is -2.93. The van der Waals surface area contributed by atoms with Crippen molar-refractivity contribution in [2.45, 2.75) is 13.2 Å². The van der Waals surface area contributed by atoms with Gasteiger partial charge in [0.25, 0.3) is 5.91 Å². The Kier molecular flexibility index (Phi) is 5.32. The van der Waals surface area contributed by atoms with Gasteiger partial charge in [0.05, 0.1) is 22.8 Å². The number of benzene rings is 2. The second-order valence-electron chi connectivity index (χ2n) is 5.56. The van der Waals surface area contributed by atoms with Gasteiger partial charge in [-0.2, -0.15) is 8.78 Å². The molecule has 0 unspecified atom stereocenters. The molecule has 26 heavy (non-hydrogen) atoms. The van der Waals surface area contributed by atoms with Crippen LogP contribution in [-0.2, 0) is 6.54 Å². The molecular formula is C18H16F2N2O3S. The first-order valence-electron chi connectivity index (χ1n) is 7.68. The van der Waals surface area contributed by atoms with E-state index in [-0.39, 0.29) is 17.4 Å². The number of alkyl halides is 2. The highest BCUT2D eigenvalue weighted by atomic mass is 32.1. The molecule has 0 aliphatic carbocycles. The Morgan fingerprint density at radius 2 is 2.04 bits per heavy atom. The monoisotopic (exact) mass is 378 g/mol. The highest BCUT2D eigenvalue weighted by Gasteiger charge is 2.15. The number of halogens is 2. The zero-order chi connectivity index (χ0) is 18.7. The van der Waals surface area contributed by atoms with Crippen LogP contribution in [0.5, 0.6) is 11.5 Å². The van der Waals surface area contributed by atoms with Gasteiger partial charge in [-0.05, 0) is 35.9 Å². The molecule has 0 fully saturated rings. The Morgan fingerprint density at radius 1 is 1.23 bits per heavy atom. The van der Waals surface area contributed by atoms with Crippen LogP contribution in [0.15, 0.2) is 41.9 Å². The molecule has 3 rings (SSSR count). The lowest BCUT2D eigenvalue weighted by Gasteiger charge is -2.18.